The number of nitrogens with two attached hydrogens (primary N) is 2. The minimum absolute atomic E-state index is 0.0802. The maximum absolute atomic E-state index is 11.3. The topological polar surface area (TPSA) is 98.2 Å². The van der Waals surface area contributed by atoms with E-state index in [1.165, 1.54) is 6.07 Å². The number of primary sulfonamides is 1. The Hall–Kier alpha value is -2.05. The van der Waals surface area contributed by atoms with Crippen molar-refractivity contribution in [2.24, 2.45) is 5.14 Å². The quantitative estimate of drug-likeness (QED) is 0.733. The van der Waals surface area contributed by atoms with Crippen LogP contribution in [0.1, 0.15) is 0 Å². The van der Waals surface area contributed by atoms with Crippen LogP contribution in [0.15, 0.2) is 53.4 Å². The average Bonchev–Trinajstić information content (AvgIpc) is 2.32. The molecule has 0 unspecified atom stereocenters. The fourth-order valence-electron chi connectivity index (χ4n) is 1.58. The van der Waals surface area contributed by atoms with Gasteiger partial charge in [0.1, 0.15) is 4.90 Å². The molecule has 0 spiro atoms. The molecule has 0 saturated carbocycles. The van der Waals surface area contributed by atoms with Crippen molar-refractivity contribution in [3.63, 3.8) is 0 Å². The Morgan fingerprint density at radius 1 is 0.944 bits per heavy atom. The second-order valence-corrected chi connectivity index (χ2v) is 5.28. The van der Waals surface area contributed by atoms with Gasteiger partial charge in [-0.1, -0.05) is 24.3 Å². The molecular formula is C12H13N3O2S. The highest BCUT2D eigenvalue weighted by Gasteiger charge is 2.14. The number of nitrogens with one attached hydrogen (secondary N) is 1. The Labute approximate surface area is 105 Å². The molecule has 2 aromatic rings. The van der Waals surface area contributed by atoms with Gasteiger partial charge in [0.25, 0.3) is 0 Å². The van der Waals surface area contributed by atoms with Gasteiger partial charge < -0.3 is 11.1 Å². The largest absolute Gasteiger partial charge is 0.396 e. The first-order chi connectivity index (χ1) is 8.48. The van der Waals surface area contributed by atoms with Crippen molar-refractivity contribution < 1.29 is 8.42 Å². The van der Waals surface area contributed by atoms with Crippen molar-refractivity contribution in [1.29, 1.82) is 0 Å². The van der Waals surface area contributed by atoms with Gasteiger partial charge in [0.2, 0.25) is 10.0 Å². The lowest BCUT2D eigenvalue weighted by molar-refractivity contribution is 0.598. The van der Waals surface area contributed by atoms with Gasteiger partial charge in [0.15, 0.2) is 0 Å². The van der Waals surface area contributed by atoms with Crippen LogP contribution in [0, 0.1) is 0 Å². The first-order valence-electron chi connectivity index (χ1n) is 5.22. The van der Waals surface area contributed by atoms with Crippen molar-refractivity contribution in [2.75, 3.05) is 11.1 Å². The fourth-order valence-corrected chi connectivity index (χ4v) is 2.26. The van der Waals surface area contributed by atoms with Gasteiger partial charge in [-0.3, -0.25) is 0 Å². The second kappa shape index (κ2) is 4.67. The smallest absolute Gasteiger partial charge is 0.240 e. The SMILES string of the molecule is Nc1c(Nc2ccccc2)cccc1S(N)(=O)=O. The summed E-state index contributed by atoms with van der Waals surface area (Å²) in [5.41, 5.74) is 7.23. The number of benzene rings is 2. The van der Waals surface area contributed by atoms with E-state index in [1.54, 1.807) is 12.1 Å². The highest BCUT2D eigenvalue weighted by molar-refractivity contribution is 7.89. The lowest BCUT2D eigenvalue weighted by Crippen LogP contribution is -2.15. The Morgan fingerprint density at radius 2 is 1.61 bits per heavy atom. The minimum Gasteiger partial charge on any atom is -0.396 e. The van der Waals surface area contributed by atoms with E-state index in [0.29, 0.717) is 5.69 Å². The zero-order chi connectivity index (χ0) is 13.2. The summed E-state index contributed by atoms with van der Waals surface area (Å²) < 4.78 is 22.7. The van der Waals surface area contributed by atoms with E-state index >= 15 is 0 Å². The summed E-state index contributed by atoms with van der Waals surface area (Å²) in [7, 11) is -3.81. The second-order valence-electron chi connectivity index (χ2n) is 3.75. The maximum Gasteiger partial charge on any atom is 0.240 e. The van der Waals surface area contributed by atoms with E-state index in [2.05, 4.69) is 5.32 Å². The van der Waals surface area contributed by atoms with E-state index in [9.17, 15) is 8.42 Å². The number of sulfonamides is 1. The third-order valence-electron chi connectivity index (χ3n) is 2.43. The number of hydrogen-bond acceptors (Lipinski definition) is 4. The molecule has 94 valence electrons. The molecule has 0 fully saturated rings. The van der Waals surface area contributed by atoms with Crippen LogP contribution in [0.3, 0.4) is 0 Å². The Balaban J connectivity index is 2.42. The maximum atomic E-state index is 11.3. The lowest BCUT2D eigenvalue weighted by atomic mass is 10.2. The third kappa shape index (κ3) is 2.61. The van der Waals surface area contributed by atoms with Crippen LogP contribution in [-0.2, 0) is 10.0 Å². The highest BCUT2D eigenvalue weighted by Crippen LogP contribution is 2.28. The molecule has 0 atom stereocenters. The Kier molecular flexibility index (Phi) is 3.22. The van der Waals surface area contributed by atoms with Crippen LogP contribution in [0.4, 0.5) is 17.1 Å². The number of para-hydroxylation sites is 2. The highest BCUT2D eigenvalue weighted by atomic mass is 32.2. The molecule has 0 radical (unpaired) electrons. The lowest BCUT2D eigenvalue weighted by Gasteiger charge is -2.11. The fraction of sp³-hybridized carbons (Fsp3) is 0. The predicted octanol–water partition coefficient (Wildman–Crippen LogP) is 1.66. The molecule has 0 bridgehead atoms. The summed E-state index contributed by atoms with van der Waals surface area (Å²) in [5, 5.41) is 8.12. The van der Waals surface area contributed by atoms with Crippen molar-refractivity contribution in [3.05, 3.63) is 48.5 Å². The third-order valence-corrected chi connectivity index (χ3v) is 3.39. The molecular weight excluding hydrogens is 250 g/mol. The van der Waals surface area contributed by atoms with Gasteiger partial charge in [-0.2, -0.15) is 0 Å². The number of anilines is 3. The van der Waals surface area contributed by atoms with Gasteiger partial charge in [-0.25, -0.2) is 13.6 Å². The van der Waals surface area contributed by atoms with Gasteiger partial charge in [-0.05, 0) is 24.3 Å². The molecule has 18 heavy (non-hydrogen) atoms. The molecule has 0 saturated heterocycles. The summed E-state index contributed by atoms with van der Waals surface area (Å²) in [5.74, 6) is 0. The predicted molar refractivity (Wildman–Crippen MR) is 72.0 cm³/mol. The summed E-state index contributed by atoms with van der Waals surface area (Å²) in [6, 6.07) is 14.0. The van der Waals surface area contributed by atoms with Crippen LogP contribution >= 0.6 is 0 Å². The van der Waals surface area contributed by atoms with Gasteiger partial charge in [-0.15, -0.1) is 0 Å². The van der Waals surface area contributed by atoms with E-state index < -0.39 is 10.0 Å². The first kappa shape index (κ1) is 12.4. The normalized spacial score (nSPS) is 11.2. The molecule has 0 aliphatic carbocycles. The van der Waals surface area contributed by atoms with Crippen LogP contribution in [0.5, 0.6) is 0 Å². The van der Waals surface area contributed by atoms with Gasteiger partial charge in [0, 0.05) is 5.69 Å². The van der Waals surface area contributed by atoms with Crippen molar-refractivity contribution >= 4 is 27.1 Å². The summed E-state index contributed by atoms with van der Waals surface area (Å²) in [6.07, 6.45) is 0. The van der Waals surface area contributed by atoms with E-state index in [0.717, 1.165) is 5.69 Å². The molecule has 2 rings (SSSR count). The molecule has 0 aromatic heterocycles. The first-order valence-corrected chi connectivity index (χ1v) is 6.76. The number of rotatable bonds is 3. The Bertz CT molecular complexity index is 654. The number of hydrogen-bond donors (Lipinski definition) is 3. The standard InChI is InChI=1S/C12H13N3O2S/c13-12-10(15-9-5-2-1-3-6-9)7-4-8-11(12)18(14,16)17/h1-8,15H,13H2,(H2,14,16,17). The number of nitrogen functional groups attached to an aromatic ring is 1. The van der Waals surface area contributed by atoms with Crippen LogP contribution in [-0.4, -0.2) is 8.42 Å². The molecule has 0 amide bonds. The molecule has 5 N–H and O–H groups in total. The molecule has 5 nitrogen and oxygen atoms in total. The monoisotopic (exact) mass is 263 g/mol. The van der Waals surface area contributed by atoms with Gasteiger partial charge >= 0.3 is 0 Å². The summed E-state index contributed by atoms with van der Waals surface area (Å²) in [4.78, 5) is -0.0802. The molecule has 6 heteroatoms. The molecule has 0 aliphatic rings. The van der Waals surface area contributed by atoms with Crippen molar-refractivity contribution in [3.8, 4) is 0 Å². The summed E-state index contributed by atoms with van der Waals surface area (Å²) >= 11 is 0. The zero-order valence-corrected chi connectivity index (χ0v) is 10.3. The molecule has 0 aliphatic heterocycles. The Morgan fingerprint density at radius 3 is 2.22 bits per heavy atom. The van der Waals surface area contributed by atoms with E-state index in [-0.39, 0.29) is 10.6 Å². The average molecular weight is 263 g/mol. The molecule has 0 heterocycles. The van der Waals surface area contributed by atoms with Crippen LogP contribution in [0.2, 0.25) is 0 Å². The zero-order valence-electron chi connectivity index (χ0n) is 9.50. The van der Waals surface area contributed by atoms with E-state index in [1.807, 2.05) is 30.3 Å². The minimum atomic E-state index is -3.81. The summed E-state index contributed by atoms with van der Waals surface area (Å²) in [6.45, 7) is 0. The van der Waals surface area contributed by atoms with Crippen molar-refractivity contribution in [1.82, 2.24) is 0 Å². The van der Waals surface area contributed by atoms with Crippen molar-refractivity contribution in [2.45, 2.75) is 4.90 Å². The van der Waals surface area contributed by atoms with Crippen LogP contribution < -0.4 is 16.2 Å². The van der Waals surface area contributed by atoms with E-state index in [4.69, 9.17) is 10.9 Å². The molecule has 2 aromatic carbocycles. The van der Waals surface area contributed by atoms with Crippen LogP contribution in [0.25, 0.3) is 0 Å². The van der Waals surface area contributed by atoms with Gasteiger partial charge in [0.05, 0.1) is 11.4 Å².